The third-order valence-electron chi connectivity index (χ3n) is 6.67. The van der Waals surface area contributed by atoms with Gasteiger partial charge in [0.25, 0.3) is 5.56 Å². The highest BCUT2D eigenvalue weighted by Gasteiger charge is 2.35. The Balaban J connectivity index is 1.32. The number of carbonyl (C=O) groups is 2. The van der Waals surface area contributed by atoms with Crippen LogP contribution in [-0.2, 0) is 16.0 Å². The van der Waals surface area contributed by atoms with Gasteiger partial charge in [0.1, 0.15) is 11.6 Å². The fourth-order valence-corrected chi connectivity index (χ4v) is 4.81. The summed E-state index contributed by atoms with van der Waals surface area (Å²) in [4.78, 5) is 47.6. The molecule has 9 heteroatoms. The molecule has 1 saturated heterocycles. The number of nitrogens with one attached hydrogen (secondary N) is 3. The van der Waals surface area contributed by atoms with Crippen molar-refractivity contribution in [3.8, 4) is 0 Å². The molecule has 0 aliphatic carbocycles. The number of hydrogen-bond donors (Lipinski definition) is 3. The van der Waals surface area contributed by atoms with Gasteiger partial charge in [-0.1, -0.05) is 42.5 Å². The van der Waals surface area contributed by atoms with E-state index in [1.165, 1.54) is 23.8 Å². The van der Waals surface area contributed by atoms with Crippen LogP contribution in [-0.4, -0.2) is 34.9 Å². The van der Waals surface area contributed by atoms with Crippen molar-refractivity contribution in [2.45, 2.75) is 31.6 Å². The molecule has 2 aromatic carbocycles. The van der Waals surface area contributed by atoms with Gasteiger partial charge in [-0.3, -0.25) is 19.4 Å². The predicted molar refractivity (Wildman–Crippen MR) is 131 cm³/mol. The molecular weight excluding hydrogens is 449 g/mol. The highest BCUT2D eigenvalue weighted by molar-refractivity contribution is 6.04. The molecular formula is C26H26FN5O3. The number of amides is 2. The van der Waals surface area contributed by atoms with E-state index in [1.54, 1.807) is 6.07 Å². The molecule has 1 fully saturated rings. The number of halogens is 1. The van der Waals surface area contributed by atoms with E-state index >= 15 is 0 Å². The van der Waals surface area contributed by atoms with Crippen LogP contribution in [0.5, 0.6) is 0 Å². The number of benzene rings is 2. The van der Waals surface area contributed by atoms with Crippen LogP contribution in [0, 0.1) is 11.7 Å². The second-order valence-electron chi connectivity index (χ2n) is 9.05. The van der Waals surface area contributed by atoms with Gasteiger partial charge < -0.3 is 15.5 Å². The molecule has 3 N–H and O–H groups in total. The van der Waals surface area contributed by atoms with E-state index in [4.69, 9.17) is 0 Å². The summed E-state index contributed by atoms with van der Waals surface area (Å²) in [5, 5.41) is 5.12. The maximum Gasteiger partial charge on any atom is 0.258 e. The highest BCUT2D eigenvalue weighted by Crippen LogP contribution is 2.31. The normalized spacial score (nSPS) is 18.0. The number of rotatable bonds is 5. The van der Waals surface area contributed by atoms with Crippen LogP contribution in [0.25, 0.3) is 0 Å². The van der Waals surface area contributed by atoms with Gasteiger partial charge >= 0.3 is 0 Å². The molecule has 5 rings (SSSR count). The summed E-state index contributed by atoms with van der Waals surface area (Å²) in [6.45, 7) is 1.45. The Morgan fingerprint density at radius 2 is 1.77 bits per heavy atom. The number of H-pyrrole nitrogens is 1. The average molecular weight is 476 g/mol. The van der Waals surface area contributed by atoms with Crippen molar-refractivity contribution >= 4 is 29.3 Å². The Hall–Kier alpha value is -4.01. The van der Waals surface area contributed by atoms with Gasteiger partial charge in [0.15, 0.2) is 0 Å². The summed E-state index contributed by atoms with van der Waals surface area (Å²) >= 11 is 0. The van der Waals surface area contributed by atoms with E-state index in [1.807, 2.05) is 23.1 Å². The Kier molecular flexibility index (Phi) is 6.31. The van der Waals surface area contributed by atoms with Crippen LogP contribution >= 0.6 is 0 Å². The van der Waals surface area contributed by atoms with E-state index < -0.39 is 29.1 Å². The minimum atomic E-state index is -1.07. The lowest BCUT2D eigenvalue weighted by molar-refractivity contribution is -0.123. The molecule has 35 heavy (non-hydrogen) atoms. The van der Waals surface area contributed by atoms with Crippen molar-refractivity contribution in [2.24, 2.45) is 5.92 Å². The lowest BCUT2D eigenvalue weighted by atomic mass is 9.90. The molecule has 0 radical (unpaired) electrons. The van der Waals surface area contributed by atoms with Crippen LogP contribution < -0.4 is 21.1 Å². The number of anilines is 3. The number of aromatic amines is 1. The third-order valence-corrected chi connectivity index (χ3v) is 6.67. The maximum atomic E-state index is 14.0. The van der Waals surface area contributed by atoms with Crippen molar-refractivity contribution in [1.29, 1.82) is 0 Å². The Morgan fingerprint density at radius 1 is 1.06 bits per heavy atom. The first-order valence-electron chi connectivity index (χ1n) is 11.8. The summed E-state index contributed by atoms with van der Waals surface area (Å²) in [6, 6.07) is 16.1. The van der Waals surface area contributed by atoms with Crippen LogP contribution in [0.1, 0.15) is 36.3 Å². The predicted octanol–water partition coefficient (Wildman–Crippen LogP) is 3.43. The van der Waals surface area contributed by atoms with Gasteiger partial charge in [-0.2, -0.15) is 4.98 Å². The summed E-state index contributed by atoms with van der Waals surface area (Å²) in [5.74, 6) is -1.71. The number of piperidine rings is 1. The van der Waals surface area contributed by atoms with Crippen LogP contribution in [0.15, 0.2) is 59.4 Å². The topological polar surface area (TPSA) is 107 Å². The minimum Gasteiger partial charge on any atom is -0.342 e. The van der Waals surface area contributed by atoms with Crippen molar-refractivity contribution in [1.82, 2.24) is 9.97 Å². The second-order valence-corrected chi connectivity index (χ2v) is 9.05. The Morgan fingerprint density at radius 3 is 2.51 bits per heavy atom. The third kappa shape index (κ3) is 4.94. The SMILES string of the molecule is O=C1C[C@H](C(=O)Nc2ccccc2F)c2c(nc(N3CCC(Cc4ccccc4)CC3)[nH]c2=O)N1. The molecule has 0 bridgehead atoms. The van der Waals surface area contributed by atoms with E-state index in [2.05, 4.69) is 32.7 Å². The number of fused-ring (bicyclic) bond motifs is 1. The van der Waals surface area contributed by atoms with Crippen LogP contribution in [0.4, 0.5) is 21.8 Å². The van der Waals surface area contributed by atoms with Crippen molar-refractivity contribution in [3.63, 3.8) is 0 Å². The van der Waals surface area contributed by atoms with E-state index in [-0.39, 0.29) is 23.5 Å². The molecule has 2 aliphatic heterocycles. The molecule has 3 aromatic rings. The summed E-state index contributed by atoms with van der Waals surface area (Å²) in [7, 11) is 0. The van der Waals surface area contributed by atoms with Crippen molar-refractivity contribution < 1.29 is 14.0 Å². The number of carbonyl (C=O) groups excluding carboxylic acids is 2. The van der Waals surface area contributed by atoms with E-state index in [0.717, 1.165) is 32.4 Å². The summed E-state index contributed by atoms with van der Waals surface area (Å²) in [5.41, 5.74) is 0.907. The van der Waals surface area contributed by atoms with Crippen molar-refractivity contribution in [2.75, 3.05) is 28.6 Å². The zero-order valence-electron chi connectivity index (χ0n) is 19.1. The quantitative estimate of drug-likeness (QED) is 0.524. The summed E-state index contributed by atoms with van der Waals surface area (Å²) < 4.78 is 14.0. The molecule has 2 aliphatic rings. The van der Waals surface area contributed by atoms with Gasteiger partial charge in [-0.05, 0) is 42.9 Å². The van der Waals surface area contributed by atoms with Gasteiger partial charge in [0.2, 0.25) is 17.8 Å². The smallest absolute Gasteiger partial charge is 0.258 e. The largest absolute Gasteiger partial charge is 0.342 e. The van der Waals surface area contributed by atoms with Crippen LogP contribution in [0.2, 0.25) is 0 Å². The van der Waals surface area contributed by atoms with Crippen LogP contribution in [0.3, 0.4) is 0 Å². The molecule has 0 spiro atoms. The molecule has 1 atom stereocenters. The lowest BCUT2D eigenvalue weighted by Gasteiger charge is -2.33. The Labute approximate surface area is 201 Å². The first-order valence-corrected chi connectivity index (χ1v) is 11.8. The highest BCUT2D eigenvalue weighted by atomic mass is 19.1. The molecule has 2 amide bonds. The van der Waals surface area contributed by atoms with Gasteiger partial charge in [-0.25, -0.2) is 4.39 Å². The molecule has 180 valence electrons. The van der Waals surface area contributed by atoms with Gasteiger partial charge in [0, 0.05) is 19.5 Å². The first-order chi connectivity index (χ1) is 17.0. The van der Waals surface area contributed by atoms with Gasteiger partial charge in [-0.15, -0.1) is 0 Å². The first kappa shape index (κ1) is 22.8. The lowest BCUT2D eigenvalue weighted by Crippen LogP contribution is -2.40. The second kappa shape index (κ2) is 9.69. The zero-order chi connectivity index (χ0) is 24.4. The number of nitrogens with zero attached hydrogens (tertiary/aromatic N) is 2. The molecule has 0 unspecified atom stereocenters. The number of aromatic nitrogens is 2. The minimum absolute atomic E-state index is 0.00980. The monoisotopic (exact) mass is 475 g/mol. The molecule has 1 aromatic heterocycles. The van der Waals surface area contributed by atoms with E-state index in [9.17, 15) is 18.8 Å². The molecule has 3 heterocycles. The maximum absolute atomic E-state index is 14.0. The zero-order valence-corrected chi connectivity index (χ0v) is 19.1. The number of hydrogen-bond acceptors (Lipinski definition) is 5. The van der Waals surface area contributed by atoms with Crippen molar-refractivity contribution in [3.05, 3.63) is 81.9 Å². The Bertz CT molecular complexity index is 1300. The summed E-state index contributed by atoms with van der Waals surface area (Å²) in [6.07, 6.45) is 2.70. The fraction of sp³-hybridized carbons (Fsp3) is 0.308. The standard InChI is InChI=1S/C26H26FN5O3/c27-19-8-4-5-9-20(19)28-24(34)18-15-21(33)29-23-22(18)25(35)31-26(30-23)32-12-10-17(11-13-32)14-16-6-2-1-3-7-16/h1-9,17-18H,10-15H2,(H,28,34)(H2,29,30,31,33,35)/t18-/m0/s1. The van der Waals surface area contributed by atoms with E-state index in [0.29, 0.717) is 11.9 Å². The van der Waals surface area contributed by atoms with Gasteiger partial charge in [0.05, 0.1) is 17.2 Å². The molecule has 0 saturated carbocycles. The molecule has 8 nitrogen and oxygen atoms in total. The average Bonchev–Trinajstić information content (AvgIpc) is 2.85. The fourth-order valence-electron chi connectivity index (χ4n) is 4.81. The number of para-hydroxylation sites is 1.